The molecule has 1 heterocycles. The molecule has 0 bridgehead atoms. The minimum Gasteiger partial charge on any atom is -0.496 e. The average Bonchev–Trinajstić information content (AvgIpc) is 2.70. The van der Waals surface area contributed by atoms with E-state index in [0.29, 0.717) is 18.1 Å². The molecule has 0 N–H and O–H groups in total. The number of nitrogens with zero attached hydrogens (tertiary/aromatic N) is 2. The summed E-state index contributed by atoms with van der Waals surface area (Å²) in [6.07, 6.45) is 2.92. The second kappa shape index (κ2) is 8.27. The fourth-order valence-corrected chi connectivity index (χ4v) is 3.93. The molecule has 0 aliphatic carbocycles. The van der Waals surface area contributed by atoms with Crippen LogP contribution in [0.1, 0.15) is 61.5 Å². The molecule has 0 fully saturated rings. The lowest BCUT2D eigenvalue weighted by Crippen LogP contribution is -2.45. The van der Waals surface area contributed by atoms with Crippen LogP contribution in [0, 0.1) is 0 Å². The van der Waals surface area contributed by atoms with Crippen molar-refractivity contribution in [1.82, 2.24) is 0 Å². The number of anilines is 1. The summed E-state index contributed by atoms with van der Waals surface area (Å²) in [6, 6.07) is 11.4. The zero-order valence-corrected chi connectivity index (χ0v) is 18.2. The summed E-state index contributed by atoms with van der Waals surface area (Å²) in [4.78, 5) is 18.7. The van der Waals surface area contributed by atoms with Gasteiger partial charge >= 0.3 is 5.97 Å². The molecular formula is C24H30N2O3. The smallest absolute Gasteiger partial charge is 0.338 e. The fourth-order valence-electron chi connectivity index (χ4n) is 3.93. The number of rotatable bonds is 5. The Morgan fingerprint density at radius 2 is 1.97 bits per heavy atom. The monoisotopic (exact) mass is 394 g/mol. The molecule has 2 aromatic carbocycles. The number of hydrogen-bond acceptors (Lipinski definition) is 5. The summed E-state index contributed by atoms with van der Waals surface area (Å²) >= 11 is 0. The zero-order chi connectivity index (χ0) is 21.2. The van der Waals surface area contributed by atoms with Gasteiger partial charge in [-0.2, -0.15) is 0 Å². The van der Waals surface area contributed by atoms with E-state index < -0.39 is 0 Å². The van der Waals surface area contributed by atoms with E-state index in [1.807, 2.05) is 18.3 Å². The first kappa shape index (κ1) is 20.9. The van der Waals surface area contributed by atoms with E-state index in [4.69, 9.17) is 9.47 Å². The Morgan fingerprint density at radius 1 is 1.28 bits per heavy atom. The Kier molecular flexibility index (Phi) is 5.96. The summed E-state index contributed by atoms with van der Waals surface area (Å²) in [5, 5.41) is 0. The van der Waals surface area contributed by atoms with Crippen LogP contribution >= 0.6 is 0 Å². The van der Waals surface area contributed by atoms with Crippen LogP contribution in [0.4, 0.5) is 11.4 Å². The minimum atomic E-state index is -0.319. The third-order valence-electron chi connectivity index (χ3n) is 5.72. The van der Waals surface area contributed by atoms with Gasteiger partial charge in [0.2, 0.25) is 0 Å². The van der Waals surface area contributed by atoms with Crippen molar-refractivity contribution in [1.29, 1.82) is 0 Å². The maximum atomic E-state index is 11.8. The van der Waals surface area contributed by atoms with Gasteiger partial charge in [0.15, 0.2) is 0 Å². The van der Waals surface area contributed by atoms with Gasteiger partial charge in [-0.05, 0) is 69.0 Å². The Morgan fingerprint density at radius 3 is 2.59 bits per heavy atom. The molecule has 1 unspecified atom stereocenters. The summed E-state index contributed by atoms with van der Waals surface area (Å²) in [5.41, 5.74) is 4.86. The molecule has 1 aliphatic heterocycles. The van der Waals surface area contributed by atoms with Gasteiger partial charge in [0, 0.05) is 36.1 Å². The summed E-state index contributed by atoms with van der Waals surface area (Å²) in [6.45, 7) is 8.97. The van der Waals surface area contributed by atoms with Gasteiger partial charge in [-0.15, -0.1) is 0 Å². The molecule has 154 valence electrons. The van der Waals surface area contributed by atoms with Gasteiger partial charge in [0.25, 0.3) is 0 Å². The molecule has 0 spiro atoms. The molecule has 1 aliphatic rings. The Bertz CT molecular complexity index is 916. The van der Waals surface area contributed by atoms with E-state index >= 15 is 0 Å². The SMILES string of the molecule is CCOC(=O)c1ccc(N=Cc2cc3c(cc2OC)N(C)C(C)(C)CC3C)cc1. The predicted molar refractivity (Wildman–Crippen MR) is 118 cm³/mol. The summed E-state index contributed by atoms with van der Waals surface area (Å²) < 4.78 is 10.7. The maximum absolute atomic E-state index is 11.8. The van der Waals surface area contributed by atoms with Gasteiger partial charge in [-0.25, -0.2) is 4.79 Å². The molecule has 1 atom stereocenters. The topological polar surface area (TPSA) is 51.1 Å². The van der Waals surface area contributed by atoms with E-state index in [9.17, 15) is 4.79 Å². The Balaban J connectivity index is 1.90. The molecule has 0 radical (unpaired) electrons. The van der Waals surface area contributed by atoms with E-state index in [1.165, 1.54) is 11.3 Å². The van der Waals surface area contributed by atoms with Crippen LogP contribution in [0.2, 0.25) is 0 Å². The van der Waals surface area contributed by atoms with Gasteiger partial charge in [-0.3, -0.25) is 4.99 Å². The van der Waals surface area contributed by atoms with Crippen molar-refractivity contribution >= 4 is 23.6 Å². The summed E-state index contributed by atoms with van der Waals surface area (Å²) in [7, 11) is 3.83. The number of carbonyl (C=O) groups is 1. The van der Waals surface area contributed by atoms with Crippen molar-refractivity contribution in [2.75, 3.05) is 25.7 Å². The minimum absolute atomic E-state index is 0.105. The number of esters is 1. The van der Waals surface area contributed by atoms with E-state index in [0.717, 1.165) is 23.4 Å². The second-order valence-electron chi connectivity index (χ2n) is 8.16. The number of fused-ring (bicyclic) bond motifs is 1. The molecule has 0 amide bonds. The van der Waals surface area contributed by atoms with Crippen molar-refractivity contribution in [2.24, 2.45) is 4.99 Å². The van der Waals surface area contributed by atoms with Crippen LogP contribution in [0.15, 0.2) is 41.4 Å². The number of methoxy groups -OCH3 is 1. The van der Waals surface area contributed by atoms with Gasteiger partial charge in [0.05, 0.1) is 25.0 Å². The van der Waals surface area contributed by atoms with Crippen LogP contribution < -0.4 is 9.64 Å². The third kappa shape index (κ3) is 4.29. The first-order valence-corrected chi connectivity index (χ1v) is 10.0. The van der Waals surface area contributed by atoms with Crippen molar-refractivity contribution in [3.05, 3.63) is 53.1 Å². The lowest BCUT2D eigenvalue weighted by molar-refractivity contribution is 0.0526. The number of aliphatic imine (C=N–C) groups is 1. The van der Waals surface area contributed by atoms with Crippen molar-refractivity contribution < 1.29 is 14.3 Å². The molecule has 29 heavy (non-hydrogen) atoms. The molecule has 2 aromatic rings. The van der Waals surface area contributed by atoms with Gasteiger partial charge in [0.1, 0.15) is 5.75 Å². The first-order valence-electron chi connectivity index (χ1n) is 10.0. The standard InChI is InChI=1S/C24H30N2O3/c1-7-29-23(27)17-8-10-19(11-9-17)25-15-18-12-20-16(2)14-24(3,4)26(5)21(20)13-22(18)28-6/h8-13,15-16H,7,14H2,1-6H3. The van der Waals surface area contributed by atoms with E-state index in [-0.39, 0.29) is 11.5 Å². The van der Waals surface area contributed by atoms with Gasteiger partial charge < -0.3 is 14.4 Å². The van der Waals surface area contributed by atoms with Crippen LogP contribution in [0.5, 0.6) is 5.75 Å². The quantitative estimate of drug-likeness (QED) is 0.507. The molecule has 0 aromatic heterocycles. The highest BCUT2D eigenvalue weighted by atomic mass is 16.5. The number of benzene rings is 2. The second-order valence-corrected chi connectivity index (χ2v) is 8.16. The summed E-state index contributed by atoms with van der Waals surface area (Å²) in [5.74, 6) is 0.936. The molecule has 5 nitrogen and oxygen atoms in total. The van der Waals surface area contributed by atoms with Crippen molar-refractivity contribution in [2.45, 2.75) is 45.6 Å². The van der Waals surface area contributed by atoms with Crippen molar-refractivity contribution in [3.63, 3.8) is 0 Å². The molecule has 0 saturated heterocycles. The largest absolute Gasteiger partial charge is 0.496 e. The molecular weight excluding hydrogens is 364 g/mol. The van der Waals surface area contributed by atoms with Crippen molar-refractivity contribution in [3.8, 4) is 5.75 Å². The maximum Gasteiger partial charge on any atom is 0.338 e. The van der Waals surface area contributed by atoms with Crippen LogP contribution in [-0.4, -0.2) is 38.5 Å². The van der Waals surface area contributed by atoms with Crippen LogP contribution in [0.3, 0.4) is 0 Å². The highest BCUT2D eigenvalue weighted by Crippen LogP contribution is 2.44. The highest BCUT2D eigenvalue weighted by molar-refractivity contribution is 5.90. The van der Waals surface area contributed by atoms with E-state index in [1.54, 1.807) is 26.2 Å². The Labute approximate surface area is 173 Å². The zero-order valence-electron chi connectivity index (χ0n) is 18.2. The first-order chi connectivity index (χ1) is 13.8. The predicted octanol–water partition coefficient (Wildman–Crippen LogP) is 5.34. The van der Waals surface area contributed by atoms with Crippen LogP contribution in [0.25, 0.3) is 0 Å². The highest BCUT2D eigenvalue weighted by Gasteiger charge is 2.34. The molecule has 5 heteroatoms. The Hall–Kier alpha value is -2.82. The lowest BCUT2D eigenvalue weighted by atomic mass is 9.80. The van der Waals surface area contributed by atoms with Gasteiger partial charge in [-0.1, -0.05) is 6.92 Å². The normalized spacial score (nSPS) is 17.9. The average molecular weight is 395 g/mol. The number of hydrogen-bond donors (Lipinski definition) is 0. The third-order valence-corrected chi connectivity index (χ3v) is 5.72. The van der Waals surface area contributed by atoms with E-state index in [2.05, 4.69) is 49.8 Å². The number of carbonyl (C=O) groups excluding carboxylic acids is 1. The lowest BCUT2D eigenvalue weighted by Gasteiger charge is -2.45. The van der Waals surface area contributed by atoms with Crippen LogP contribution in [-0.2, 0) is 4.74 Å². The fraction of sp³-hybridized carbons (Fsp3) is 0.417. The molecule has 3 rings (SSSR count). The molecule has 0 saturated carbocycles. The number of ether oxygens (including phenoxy) is 2.